The summed E-state index contributed by atoms with van der Waals surface area (Å²) >= 11 is 1.20. The summed E-state index contributed by atoms with van der Waals surface area (Å²) in [7, 11) is 0. The maximum absolute atomic E-state index is 12.7. The summed E-state index contributed by atoms with van der Waals surface area (Å²) in [5.74, 6) is -0.735. The van der Waals surface area contributed by atoms with E-state index >= 15 is 0 Å². The lowest BCUT2D eigenvalue weighted by Gasteiger charge is -2.01. The molecule has 0 unspecified atom stereocenters. The third kappa shape index (κ3) is 3.69. The highest BCUT2D eigenvalue weighted by Crippen LogP contribution is 2.16. The van der Waals surface area contributed by atoms with Crippen molar-refractivity contribution in [1.29, 1.82) is 0 Å². The van der Waals surface area contributed by atoms with E-state index in [1.54, 1.807) is 17.5 Å². The van der Waals surface area contributed by atoms with Crippen LogP contribution in [0.5, 0.6) is 0 Å². The van der Waals surface area contributed by atoms with E-state index < -0.39 is 0 Å². The van der Waals surface area contributed by atoms with Gasteiger partial charge in [0.15, 0.2) is 10.9 Å². The van der Waals surface area contributed by atoms with Gasteiger partial charge in [-0.3, -0.25) is 9.59 Å². The average molecular weight is 278 g/mol. The van der Waals surface area contributed by atoms with E-state index in [2.05, 4.69) is 10.3 Å². The molecule has 6 heteroatoms. The molecular formula is C13H11FN2O2S. The number of benzene rings is 1. The van der Waals surface area contributed by atoms with E-state index in [1.165, 1.54) is 30.4 Å². The summed E-state index contributed by atoms with van der Waals surface area (Å²) in [6, 6.07) is 5.72. The van der Waals surface area contributed by atoms with Crippen LogP contribution in [0.2, 0.25) is 0 Å². The standard InChI is InChI=1S/C13H11FN2O2S/c1-8(17)11-7-19-13(15-11)16-12(18)6-9-2-4-10(14)5-3-9/h2-5,7H,6H2,1H3,(H,15,16,18). The SMILES string of the molecule is CC(=O)c1csc(NC(=O)Cc2ccc(F)cc2)n1. The second-order valence-electron chi connectivity index (χ2n) is 3.95. The molecule has 4 nitrogen and oxygen atoms in total. The normalized spacial score (nSPS) is 10.2. The van der Waals surface area contributed by atoms with Gasteiger partial charge in [0.05, 0.1) is 6.42 Å². The highest BCUT2D eigenvalue weighted by atomic mass is 32.1. The largest absolute Gasteiger partial charge is 0.302 e. The Hall–Kier alpha value is -2.08. The van der Waals surface area contributed by atoms with E-state index in [0.717, 1.165) is 0 Å². The molecule has 0 spiro atoms. The van der Waals surface area contributed by atoms with Crippen LogP contribution in [0.25, 0.3) is 0 Å². The lowest BCUT2D eigenvalue weighted by atomic mass is 10.1. The van der Waals surface area contributed by atoms with Crippen molar-refractivity contribution in [2.24, 2.45) is 0 Å². The molecule has 1 amide bonds. The zero-order valence-corrected chi connectivity index (χ0v) is 11.0. The number of Topliss-reactive ketones (excluding diaryl/α,β-unsaturated/α-hetero) is 1. The Morgan fingerprint density at radius 1 is 1.32 bits per heavy atom. The van der Waals surface area contributed by atoms with Gasteiger partial charge in [0.2, 0.25) is 5.91 Å². The summed E-state index contributed by atoms with van der Waals surface area (Å²) < 4.78 is 12.7. The summed E-state index contributed by atoms with van der Waals surface area (Å²) in [6.07, 6.45) is 0.134. The van der Waals surface area contributed by atoms with Crippen molar-refractivity contribution >= 4 is 28.2 Å². The lowest BCUT2D eigenvalue weighted by molar-refractivity contribution is -0.115. The Balaban J connectivity index is 1.97. The van der Waals surface area contributed by atoms with Crippen molar-refractivity contribution in [2.45, 2.75) is 13.3 Å². The van der Waals surface area contributed by atoms with Crippen LogP contribution < -0.4 is 5.32 Å². The summed E-state index contributed by atoms with van der Waals surface area (Å²) in [5.41, 5.74) is 1.05. The first-order valence-electron chi connectivity index (χ1n) is 5.55. The Morgan fingerprint density at radius 3 is 2.58 bits per heavy atom. The van der Waals surface area contributed by atoms with Crippen molar-refractivity contribution in [3.8, 4) is 0 Å². The highest BCUT2D eigenvalue weighted by molar-refractivity contribution is 7.14. The van der Waals surface area contributed by atoms with Gasteiger partial charge in [-0.1, -0.05) is 12.1 Å². The van der Waals surface area contributed by atoms with Gasteiger partial charge in [0.1, 0.15) is 11.5 Å². The molecule has 19 heavy (non-hydrogen) atoms. The number of halogens is 1. The number of hydrogen-bond donors (Lipinski definition) is 1. The Kier molecular flexibility index (Phi) is 4.01. The Morgan fingerprint density at radius 2 is 2.00 bits per heavy atom. The maximum Gasteiger partial charge on any atom is 0.230 e. The number of hydrogen-bond acceptors (Lipinski definition) is 4. The number of nitrogens with one attached hydrogen (secondary N) is 1. The van der Waals surface area contributed by atoms with Crippen molar-refractivity contribution < 1.29 is 14.0 Å². The molecule has 1 aromatic carbocycles. The van der Waals surface area contributed by atoms with Crippen LogP contribution in [0.4, 0.5) is 9.52 Å². The van der Waals surface area contributed by atoms with E-state index in [0.29, 0.717) is 16.4 Å². The maximum atomic E-state index is 12.7. The minimum absolute atomic E-state index is 0.134. The molecule has 0 bridgehead atoms. The van der Waals surface area contributed by atoms with Crippen LogP contribution in [0.15, 0.2) is 29.6 Å². The molecule has 0 saturated heterocycles. The van der Waals surface area contributed by atoms with Crippen molar-refractivity contribution in [3.63, 3.8) is 0 Å². The topological polar surface area (TPSA) is 59.1 Å². The number of carbonyl (C=O) groups excluding carboxylic acids is 2. The van der Waals surface area contributed by atoms with Crippen molar-refractivity contribution in [3.05, 3.63) is 46.7 Å². The van der Waals surface area contributed by atoms with Crippen LogP contribution >= 0.6 is 11.3 Å². The third-order valence-corrected chi connectivity index (χ3v) is 3.15. The number of nitrogens with zero attached hydrogens (tertiary/aromatic N) is 1. The summed E-state index contributed by atoms with van der Waals surface area (Å²) in [6.45, 7) is 1.42. The fraction of sp³-hybridized carbons (Fsp3) is 0.154. The molecule has 1 N–H and O–H groups in total. The molecule has 0 radical (unpaired) electrons. The van der Waals surface area contributed by atoms with Gasteiger partial charge >= 0.3 is 0 Å². The molecule has 98 valence electrons. The van der Waals surface area contributed by atoms with E-state index in [-0.39, 0.29) is 23.9 Å². The molecular weight excluding hydrogens is 267 g/mol. The minimum Gasteiger partial charge on any atom is -0.302 e. The molecule has 0 aliphatic rings. The molecule has 0 saturated carbocycles. The van der Waals surface area contributed by atoms with E-state index in [1.807, 2.05) is 0 Å². The van der Waals surface area contributed by atoms with Crippen molar-refractivity contribution in [1.82, 2.24) is 4.98 Å². The van der Waals surface area contributed by atoms with E-state index in [4.69, 9.17) is 0 Å². The van der Waals surface area contributed by atoms with Crippen LogP contribution in [-0.4, -0.2) is 16.7 Å². The summed E-state index contributed by atoms with van der Waals surface area (Å²) in [4.78, 5) is 26.8. The molecule has 2 rings (SSSR count). The van der Waals surface area contributed by atoms with Gasteiger partial charge in [-0.15, -0.1) is 11.3 Å². The van der Waals surface area contributed by atoms with Crippen molar-refractivity contribution in [2.75, 3.05) is 5.32 Å². The van der Waals surface area contributed by atoms with Gasteiger partial charge in [0.25, 0.3) is 0 Å². The predicted molar refractivity (Wildman–Crippen MR) is 70.9 cm³/mol. The molecule has 2 aromatic rings. The molecule has 0 aliphatic heterocycles. The third-order valence-electron chi connectivity index (χ3n) is 2.39. The van der Waals surface area contributed by atoms with Crippen LogP contribution in [0, 0.1) is 5.82 Å². The predicted octanol–water partition coefficient (Wildman–Crippen LogP) is 2.67. The smallest absolute Gasteiger partial charge is 0.230 e. The Labute approximate surface area is 113 Å². The zero-order chi connectivity index (χ0) is 13.8. The first-order valence-corrected chi connectivity index (χ1v) is 6.43. The molecule has 1 aromatic heterocycles. The van der Waals surface area contributed by atoms with Gasteiger partial charge in [0, 0.05) is 12.3 Å². The fourth-order valence-electron chi connectivity index (χ4n) is 1.44. The van der Waals surface area contributed by atoms with Crippen LogP contribution in [0.3, 0.4) is 0 Å². The number of aromatic nitrogens is 1. The molecule has 1 heterocycles. The average Bonchev–Trinajstić information content (AvgIpc) is 2.80. The van der Waals surface area contributed by atoms with Gasteiger partial charge < -0.3 is 5.32 Å². The second-order valence-corrected chi connectivity index (χ2v) is 4.80. The Bertz CT molecular complexity index is 607. The zero-order valence-electron chi connectivity index (χ0n) is 10.1. The number of anilines is 1. The number of carbonyl (C=O) groups is 2. The summed E-state index contributed by atoms with van der Waals surface area (Å²) in [5, 5.41) is 4.58. The van der Waals surface area contributed by atoms with Crippen LogP contribution in [0.1, 0.15) is 23.0 Å². The molecule has 0 atom stereocenters. The van der Waals surface area contributed by atoms with Gasteiger partial charge in [-0.2, -0.15) is 0 Å². The minimum atomic E-state index is -0.338. The second kappa shape index (κ2) is 5.71. The number of amides is 1. The fourth-order valence-corrected chi connectivity index (χ4v) is 2.21. The molecule has 0 fully saturated rings. The monoisotopic (exact) mass is 278 g/mol. The number of rotatable bonds is 4. The van der Waals surface area contributed by atoms with Crippen LogP contribution in [-0.2, 0) is 11.2 Å². The van der Waals surface area contributed by atoms with Gasteiger partial charge in [-0.05, 0) is 17.7 Å². The first kappa shape index (κ1) is 13.4. The molecule has 0 aliphatic carbocycles. The lowest BCUT2D eigenvalue weighted by Crippen LogP contribution is -2.14. The van der Waals surface area contributed by atoms with E-state index in [9.17, 15) is 14.0 Å². The number of thiazole rings is 1. The first-order chi connectivity index (χ1) is 9.04. The quantitative estimate of drug-likeness (QED) is 0.875. The van der Waals surface area contributed by atoms with Gasteiger partial charge in [-0.25, -0.2) is 9.37 Å². The number of ketones is 1. The highest BCUT2D eigenvalue weighted by Gasteiger charge is 2.09.